The number of ether oxygens (including phenoxy) is 1. The molecule has 0 fully saturated rings. The van der Waals surface area contributed by atoms with E-state index >= 15 is 0 Å². The fourth-order valence-electron chi connectivity index (χ4n) is 2.39. The monoisotopic (exact) mass is 371 g/mol. The highest BCUT2D eigenvalue weighted by molar-refractivity contribution is 7.07. The largest absolute Gasteiger partial charge is 0.497 e. The molecular weight excluding hydrogens is 342 g/mol. The second-order valence-electron chi connectivity index (χ2n) is 6.98. The maximum absolute atomic E-state index is 5.26. The summed E-state index contributed by atoms with van der Waals surface area (Å²) in [7, 11) is 1.68. The van der Waals surface area contributed by atoms with Gasteiger partial charge in [0.25, 0.3) is 0 Å². The first kappa shape index (κ1) is 20.2. The minimum Gasteiger partial charge on any atom is -0.497 e. The van der Waals surface area contributed by atoms with Gasteiger partial charge in [-0.3, -0.25) is 4.99 Å². The fourth-order valence-corrected chi connectivity index (χ4v) is 3.22. The van der Waals surface area contributed by atoms with Gasteiger partial charge in [-0.15, -0.1) is 11.3 Å². The summed E-state index contributed by atoms with van der Waals surface area (Å²) in [4.78, 5) is 5.58. The Morgan fingerprint density at radius 2 is 1.92 bits per heavy atom. The van der Waals surface area contributed by atoms with E-state index in [2.05, 4.69) is 49.9 Å². The minimum atomic E-state index is 0.614. The van der Waals surface area contributed by atoms with Crippen molar-refractivity contribution in [2.75, 3.05) is 13.7 Å². The quantitative estimate of drug-likeness (QED) is 0.454. The molecule has 140 valence electrons. The lowest BCUT2D eigenvalue weighted by Gasteiger charge is -2.08. The van der Waals surface area contributed by atoms with Gasteiger partial charge >= 0.3 is 0 Å². The van der Waals surface area contributed by atoms with E-state index in [0.29, 0.717) is 12.5 Å². The third kappa shape index (κ3) is 5.70. The molecule has 0 spiro atoms. The van der Waals surface area contributed by atoms with Crippen LogP contribution in [0.1, 0.15) is 40.5 Å². The van der Waals surface area contributed by atoms with Crippen LogP contribution >= 0.6 is 11.3 Å². The molecule has 4 nitrogen and oxygen atoms in total. The summed E-state index contributed by atoms with van der Waals surface area (Å²) in [5.41, 5.74) is 4.29. The number of hydrogen-bond donors (Lipinski definition) is 0. The Hall–Kier alpha value is -2.14. The number of nitrogens with zero attached hydrogens (tertiary/aromatic N) is 3. The van der Waals surface area contributed by atoms with Crippen LogP contribution in [-0.2, 0) is 0 Å². The Bertz CT molecular complexity index is 826. The third-order valence-electron chi connectivity index (χ3n) is 3.91. The second kappa shape index (κ2) is 9.53. The molecule has 0 aliphatic carbocycles. The molecule has 1 aromatic heterocycles. The van der Waals surface area contributed by atoms with Gasteiger partial charge in [0.1, 0.15) is 5.75 Å². The summed E-state index contributed by atoms with van der Waals surface area (Å²) in [6.45, 7) is 13.1. The molecule has 2 aromatic rings. The van der Waals surface area contributed by atoms with E-state index in [1.54, 1.807) is 18.4 Å². The van der Waals surface area contributed by atoms with Crippen LogP contribution in [0.3, 0.4) is 0 Å². The maximum atomic E-state index is 5.26. The summed E-state index contributed by atoms with van der Waals surface area (Å²) in [6.07, 6.45) is 2.12. The van der Waals surface area contributed by atoms with Crippen LogP contribution in [0.5, 0.6) is 5.75 Å². The zero-order valence-corrected chi connectivity index (χ0v) is 17.3. The molecule has 2 rings (SSSR count). The highest BCUT2D eigenvalue weighted by atomic mass is 32.1. The average Bonchev–Trinajstić information content (AvgIpc) is 3.00. The second-order valence-corrected chi connectivity index (χ2v) is 7.82. The predicted molar refractivity (Wildman–Crippen MR) is 112 cm³/mol. The number of thiazole rings is 1. The van der Waals surface area contributed by atoms with E-state index in [1.807, 2.05) is 23.7 Å². The highest BCUT2D eigenvalue weighted by Gasteiger charge is 2.09. The van der Waals surface area contributed by atoms with Crippen molar-refractivity contribution in [2.24, 2.45) is 16.0 Å². The van der Waals surface area contributed by atoms with Crippen LogP contribution in [-0.4, -0.2) is 24.0 Å². The predicted octanol–water partition coefficient (Wildman–Crippen LogP) is 5.36. The average molecular weight is 372 g/mol. The van der Waals surface area contributed by atoms with Gasteiger partial charge in [0.15, 0.2) is 0 Å². The van der Waals surface area contributed by atoms with E-state index in [-0.39, 0.29) is 0 Å². The number of hydrogen-bond acceptors (Lipinski definition) is 4. The van der Waals surface area contributed by atoms with Crippen molar-refractivity contribution in [1.82, 2.24) is 4.68 Å². The molecule has 26 heavy (non-hydrogen) atoms. The summed E-state index contributed by atoms with van der Waals surface area (Å²) in [5, 5.41) is 6.99. The lowest BCUT2D eigenvalue weighted by Crippen LogP contribution is -2.14. The molecular formula is C21H29N3OS. The molecule has 5 heteroatoms. The lowest BCUT2D eigenvalue weighted by molar-refractivity contribution is 0.415. The number of aromatic nitrogens is 1. The van der Waals surface area contributed by atoms with E-state index in [4.69, 9.17) is 9.84 Å². The van der Waals surface area contributed by atoms with E-state index in [9.17, 15) is 0 Å². The van der Waals surface area contributed by atoms with Crippen molar-refractivity contribution in [3.63, 3.8) is 0 Å². The normalized spacial score (nSPS) is 12.7. The number of benzene rings is 1. The van der Waals surface area contributed by atoms with Crippen molar-refractivity contribution < 1.29 is 4.74 Å². The van der Waals surface area contributed by atoms with E-state index in [0.717, 1.165) is 45.9 Å². The van der Waals surface area contributed by atoms with Crippen molar-refractivity contribution in [2.45, 2.75) is 40.5 Å². The first-order valence-corrected chi connectivity index (χ1v) is 9.83. The topological polar surface area (TPSA) is 38.9 Å². The zero-order valence-electron chi connectivity index (χ0n) is 16.5. The standard InChI is InChI=1S/C21H29N3OS/c1-15(2)7-8-17(5)23-24-20(14-26-21(24)22-13-16(3)4)18-9-11-19(25-6)12-10-18/h9-12,14-15H,3,7-8,13H2,1-2,4-6H3. The van der Waals surface area contributed by atoms with Crippen molar-refractivity contribution >= 4 is 17.0 Å². The lowest BCUT2D eigenvalue weighted by atomic mass is 10.1. The van der Waals surface area contributed by atoms with Crippen LogP contribution in [0.15, 0.2) is 51.9 Å². The Balaban J connectivity index is 2.45. The molecule has 0 atom stereocenters. The highest BCUT2D eigenvalue weighted by Crippen LogP contribution is 2.23. The molecule has 0 amide bonds. The first-order valence-electron chi connectivity index (χ1n) is 8.95. The summed E-state index contributed by atoms with van der Waals surface area (Å²) in [6, 6.07) is 8.05. The van der Waals surface area contributed by atoms with Gasteiger partial charge in [-0.1, -0.05) is 26.0 Å². The van der Waals surface area contributed by atoms with E-state index in [1.165, 1.54) is 0 Å². The first-order chi connectivity index (χ1) is 12.4. The zero-order chi connectivity index (χ0) is 19.1. The van der Waals surface area contributed by atoms with Gasteiger partial charge < -0.3 is 4.74 Å². The summed E-state index contributed by atoms with van der Waals surface area (Å²) >= 11 is 1.61. The summed E-state index contributed by atoms with van der Waals surface area (Å²) in [5.74, 6) is 1.51. The minimum absolute atomic E-state index is 0.614. The molecule has 0 aliphatic heterocycles. The smallest absolute Gasteiger partial charge is 0.206 e. The molecule has 1 heterocycles. The van der Waals surface area contributed by atoms with Crippen LogP contribution in [0.2, 0.25) is 0 Å². The molecule has 0 N–H and O–H groups in total. The fraction of sp³-hybridized carbons (Fsp3) is 0.429. The van der Waals surface area contributed by atoms with Crippen LogP contribution in [0, 0.1) is 5.92 Å². The third-order valence-corrected chi connectivity index (χ3v) is 4.76. The van der Waals surface area contributed by atoms with Gasteiger partial charge in [-0.25, -0.2) is 4.68 Å². The SMILES string of the molecule is C=C(C)CN=c1scc(-c2ccc(OC)cc2)n1N=C(C)CCC(C)C. The van der Waals surface area contributed by atoms with Crippen molar-refractivity contribution in [3.8, 4) is 17.0 Å². The molecule has 0 bridgehead atoms. The van der Waals surface area contributed by atoms with Crippen LogP contribution < -0.4 is 9.54 Å². The van der Waals surface area contributed by atoms with Crippen molar-refractivity contribution in [3.05, 3.63) is 46.6 Å². The molecule has 0 saturated heterocycles. The summed E-state index contributed by atoms with van der Waals surface area (Å²) < 4.78 is 7.23. The van der Waals surface area contributed by atoms with Crippen molar-refractivity contribution in [1.29, 1.82) is 0 Å². The van der Waals surface area contributed by atoms with Crippen LogP contribution in [0.4, 0.5) is 0 Å². The van der Waals surface area contributed by atoms with E-state index < -0.39 is 0 Å². The Labute approximate surface area is 160 Å². The van der Waals surface area contributed by atoms with Gasteiger partial charge in [0.05, 0.1) is 19.3 Å². The number of methoxy groups -OCH3 is 1. The maximum Gasteiger partial charge on any atom is 0.206 e. The Morgan fingerprint density at radius 3 is 2.50 bits per heavy atom. The van der Waals surface area contributed by atoms with Gasteiger partial charge in [0, 0.05) is 16.7 Å². The number of rotatable bonds is 8. The van der Waals surface area contributed by atoms with Gasteiger partial charge in [-0.05, 0) is 56.9 Å². The molecule has 0 saturated carbocycles. The van der Waals surface area contributed by atoms with Gasteiger partial charge in [0.2, 0.25) is 4.80 Å². The molecule has 0 radical (unpaired) electrons. The molecule has 0 aliphatic rings. The van der Waals surface area contributed by atoms with Gasteiger partial charge in [-0.2, -0.15) is 5.10 Å². The molecule has 0 unspecified atom stereocenters. The van der Waals surface area contributed by atoms with Crippen LogP contribution in [0.25, 0.3) is 11.3 Å². The Kier molecular flexibility index (Phi) is 7.39. The molecule has 1 aromatic carbocycles. The Morgan fingerprint density at radius 1 is 1.23 bits per heavy atom.